The van der Waals surface area contributed by atoms with Crippen LogP contribution < -0.4 is 5.32 Å². The van der Waals surface area contributed by atoms with Crippen LogP contribution in [-0.2, 0) is 4.79 Å². The molecule has 0 radical (unpaired) electrons. The second kappa shape index (κ2) is 7.64. The molecule has 1 unspecified atom stereocenters. The van der Waals surface area contributed by atoms with E-state index in [-0.39, 0.29) is 24.0 Å². The van der Waals surface area contributed by atoms with Gasteiger partial charge in [-0.2, -0.15) is 0 Å². The van der Waals surface area contributed by atoms with Crippen molar-refractivity contribution < 1.29 is 14.3 Å². The summed E-state index contributed by atoms with van der Waals surface area (Å²) < 4.78 is 13.4. The standard InChI is InChI=1S/C15H22FNO2S/c1-11(2)8-15(3,19)10-17-14(18)9-20-13-7-5-4-6-12(13)16/h4-7,11,19H,8-10H2,1-3H3,(H,17,18). The molecule has 2 N–H and O–H groups in total. The number of nitrogens with one attached hydrogen (secondary N) is 1. The number of aliphatic hydroxyl groups is 1. The summed E-state index contributed by atoms with van der Waals surface area (Å²) in [5, 5.41) is 12.8. The Balaban J connectivity index is 2.36. The third kappa shape index (κ3) is 6.39. The Hall–Kier alpha value is -1.07. The summed E-state index contributed by atoms with van der Waals surface area (Å²) in [6.07, 6.45) is 0.619. The zero-order valence-corrected chi connectivity index (χ0v) is 13.0. The molecule has 0 aliphatic carbocycles. The number of halogens is 1. The predicted octanol–water partition coefficient (Wildman–Crippen LogP) is 2.83. The van der Waals surface area contributed by atoms with Crippen molar-refractivity contribution in [3.05, 3.63) is 30.1 Å². The molecule has 3 nitrogen and oxygen atoms in total. The summed E-state index contributed by atoms with van der Waals surface area (Å²) >= 11 is 1.15. The van der Waals surface area contributed by atoms with Gasteiger partial charge in [-0.1, -0.05) is 26.0 Å². The van der Waals surface area contributed by atoms with Crippen LogP contribution in [0.15, 0.2) is 29.2 Å². The summed E-state index contributed by atoms with van der Waals surface area (Å²) in [6, 6.07) is 6.36. The SMILES string of the molecule is CC(C)CC(C)(O)CNC(=O)CSc1ccccc1F. The van der Waals surface area contributed by atoms with E-state index >= 15 is 0 Å². The molecule has 0 bridgehead atoms. The number of amides is 1. The summed E-state index contributed by atoms with van der Waals surface area (Å²) in [7, 11) is 0. The zero-order chi connectivity index (χ0) is 15.2. The fourth-order valence-corrected chi connectivity index (χ4v) is 2.77. The lowest BCUT2D eigenvalue weighted by atomic mass is 9.94. The lowest BCUT2D eigenvalue weighted by molar-refractivity contribution is -0.119. The summed E-state index contributed by atoms with van der Waals surface area (Å²) in [6.45, 7) is 5.95. The molecule has 1 amide bonds. The molecule has 1 aromatic rings. The van der Waals surface area contributed by atoms with Crippen LogP contribution in [-0.4, -0.2) is 28.9 Å². The van der Waals surface area contributed by atoms with Crippen LogP contribution in [0, 0.1) is 11.7 Å². The first kappa shape index (κ1) is 17.0. The molecule has 0 spiro atoms. The van der Waals surface area contributed by atoms with Crippen LogP contribution in [0.5, 0.6) is 0 Å². The van der Waals surface area contributed by atoms with Gasteiger partial charge in [0.1, 0.15) is 5.82 Å². The van der Waals surface area contributed by atoms with E-state index in [1.807, 2.05) is 13.8 Å². The van der Waals surface area contributed by atoms with Crippen molar-refractivity contribution in [2.45, 2.75) is 37.7 Å². The number of carbonyl (C=O) groups excluding carboxylic acids is 1. The topological polar surface area (TPSA) is 49.3 Å². The van der Waals surface area contributed by atoms with Gasteiger partial charge in [0.2, 0.25) is 5.91 Å². The molecule has 0 saturated carbocycles. The third-order valence-corrected chi connectivity index (χ3v) is 3.76. The molecule has 1 aromatic carbocycles. The van der Waals surface area contributed by atoms with Crippen LogP contribution in [0.4, 0.5) is 4.39 Å². The Bertz CT molecular complexity index is 449. The Morgan fingerprint density at radius 1 is 1.45 bits per heavy atom. The monoisotopic (exact) mass is 299 g/mol. The number of hydrogen-bond acceptors (Lipinski definition) is 3. The van der Waals surface area contributed by atoms with Crippen LogP contribution in [0.25, 0.3) is 0 Å². The average molecular weight is 299 g/mol. The van der Waals surface area contributed by atoms with E-state index in [1.165, 1.54) is 6.07 Å². The van der Waals surface area contributed by atoms with Gasteiger partial charge in [-0.15, -0.1) is 11.8 Å². The minimum absolute atomic E-state index is 0.138. The fourth-order valence-electron chi connectivity index (χ4n) is 2.00. The van der Waals surface area contributed by atoms with E-state index in [0.717, 1.165) is 11.8 Å². The molecule has 0 aliphatic rings. The first-order valence-corrected chi connectivity index (χ1v) is 7.65. The van der Waals surface area contributed by atoms with E-state index < -0.39 is 5.60 Å². The summed E-state index contributed by atoms with van der Waals surface area (Å²) in [5.41, 5.74) is -0.910. The molecule has 0 aliphatic heterocycles. The van der Waals surface area contributed by atoms with Crippen molar-refractivity contribution in [3.8, 4) is 0 Å². The van der Waals surface area contributed by atoms with E-state index in [0.29, 0.717) is 17.2 Å². The van der Waals surface area contributed by atoms with E-state index in [2.05, 4.69) is 5.32 Å². The maximum atomic E-state index is 13.4. The molecule has 0 heterocycles. The number of hydrogen-bond donors (Lipinski definition) is 2. The van der Waals surface area contributed by atoms with Crippen LogP contribution in [0.2, 0.25) is 0 Å². The minimum atomic E-state index is -0.910. The van der Waals surface area contributed by atoms with Crippen molar-refractivity contribution in [1.29, 1.82) is 0 Å². The molecule has 1 atom stereocenters. The molecule has 20 heavy (non-hydrogen) atoms. The largest absolute Gasteiger partial charge is 0.388 e. The van der Waals surface area contributed by atoms with Crippen molar-refractivity contribution >= 4 is 17.7 Å². The Morgan fingerprint density at radius 3 is 2.70 bits per heavy atom. The second-order valence-corrected chi connectivity index (χ2v) is 6.61. The highest BCUT2D eigenvalue weighted by molar-refractivity contribution is 8.00. The van der Waals surface area contributed by atoms with Gasteiger partial charge < -0.3 is 10.4 Å². The zero-order valence-electron chi connectivity index (χ0n) is 12.1. The van der Waals surface area contributed by atoms with Crippen LogP contribution in [0.3, 0.4) is 0 Å². The molecular weight excluding hydrogens is 277 g/mol. The van der Waals surface area contributed by atoms with E-state index in [4.69, 9.17) is 0 Å². The normalized spacial score (nSPS) is 14.1. The summed E-state index contributed by atoms with van der Waals surface area (Å²) in [4.78, 5) is 12.1. The van der Waals surface area contributed by atoms with Gasteiger partial charge in [-0.25, -0.2) is 4.39 Å². The highest BCUT2D eigenvalue weighted by atomic mass is 32.2. The highest BCUT2D eigenvalue weighted by Gasteiger charge is 2.22. The van der Waals surface area contributed by atoms with Gasteiger partial charge in [-0.3, -0.25) is 4.79 Å². The number of thioether (sulfide) groups is 1. The molecule has 0 fully saturated rings. The van der Waals surface area contributed by atoms with Crippen LogP contribution in [0.1, 0.15) is 27.2 Å². The first-order valence-electron chi connectivity index (χ1n) is 6.66. The van der Waals surface area contributed by atoms with E-state index in [9.17, 15) is 14.3 Å². The molecule has 0 saturated heterocycles. The Labute approximate surface area is 124 Å². The number of benzene rings is 1. The lowest BCUT2D eigenvalue weighted by Crippen LogP contribution is -2.42. The van der Waals surface area contributed by atoms with Crippen molar-refractivity contribution in [2.75, 3.05) is 12.3 Å². The van der Waals surface area contributed by atoms with Crippen molar-refractivity contribution in [3.63, 3.8) is 0 Å². The molecule has 1 rings (SSSR count). The van der Waals surface area contributed by atoms with Gasteiger partial charge in [0, 0.05) is 11.4 Å². The second-order valence-electron chi connectivity index (χ2n) is 5.59. The van der Waals surface area contributed by atoms with Crippen molar-refractivity contribution in [2.24, 2.45) is 5.92 Å². The molecule has 0 aromatic heterocycles. The molecule has 112 valence electrons. The highest BCUT2D eigenvalue weighted by Crippen LogP contribution is 2.21. The van der Waals surface area contributed by atoms with Crippen molar-refractivity contribution in [1.82, 2.24) is 5.32 Å². The number of carbonyl (C=O) groups is 1. The van der Waals surface area contributed by atoms with Gasteiger partial charge in [0.05, 0.1) is 11.4 Å². The Kier molecular flexibility index (Phi) is 6.49. The first-order chi connectivity index (χ1) is 9.30. The maximum absolute atomic E-state index is 13.4. The van der Waals surface area contributed by atoms with Gasteiger partial charge in [0.15, 0.2) is 0 Å². The Morgan fingerprint density at radius 2 is 2.10 bits per heavy atom. The van der Waals surface area contributed by atoms with Gasteiger partial charge in [-0.05, 0) is 31.4 Å². The van der Waals surface area contributed by atoms with Gasteiger partial charge in [0.25, 0.3) is 0 Å². The van der Waals surface area contributed by atoms with Gasteiger partial charge >= 0.3 is 0 Å². The fraction of sp³-hybridized carbons (Fsp3) is 0.533. The average Bonchev–Trinajstić information content (AvgIpc) is 2.34. The molecule has 5 heteroatoms. The summed E-state index contributed by atoms with van der Waals surface area (Å²) in [5.74, 6) is -0.0346. The smallest absolute Gasteiger partial charge is 0.230 e. The third-order valence-electron chi connectivity index (χ3n) is 2.71. The predicted molar refractivity (Wildman–Crippen MR) is 80.2 cm³/mol. The minimum Gasteiger partial charge on any atom is -0.388 e. The number of rotatable bonds is 7. The maximum Gasteiger partial charge on any atom is 0.230 e. The lowest BCUT2D eigenvalue weighted by Gasteiger charge is -2.25. The quantitative estimate of drug-likeness (QED) is 0.761. The molecular formula is C15H22FNO2S. The van der Waals surface area contributed by atoms with Crippen LogP contribution >= 0.6 is 11.8 Å². The van der Waals surface area contributed by atoms with E-state index in [1.54, 1.807) is 25.1 Å².